The number of hydrogen-bond acceptors (Lipinski definition) is 2. The Morgan fingerprint density at radius 3 is 2.57 bits per heavy atom. The maximum Gasteiger partial charge on any atom is 0.145 e. The van der Waals surface area contributed by atoms with Crippen molar-refractivity contribution in [2.45, 2.75) is 6.92 Å². The summed E-state index contributed by atoms with van der Waals surface area (Å²) < 4.78 is 7.70. The maximum absolute atomic E-state index is 6.06. The molecule has 0 atom stereocenters. The fraction of sp³-hybridized carbons (Fsp3) is 0.0556. The number of furan rings is 1. The number of aliphatic imine (C=N–C) groups is 1. The molecule has 1 aromatic heterocycles. The van der Waals surface area contributed by atoms with Gasteiger partial charge >= 0.3 is 0 Å². The molecule has 116 valence electrons. The third-order valence-electron chi connectivity index (χ3n) is 3.26. The first-order valence-corrected chi connectivity index (χ1v) is 8.85. The van der Waals surface area contributed by atoms with Gasteiger partial charge in [-0.3, -0.25) is 4.99 Å². The minimum atomic E-state index is 0.628. The lowest BCUT2D eigenvalue weighted by molar-refractivity contribution is 0.575. The van der Waals surface area contributed by atoms with Crippen molar-refractivity contribution in [3.8, 4) is 11.3 Å². The molecule has 23 heavy (non-hydrogen) atoms. The molecule has 0 radical (unpaired) electrons. The van der Waals surface area contributed by atoms with Crippen molar-refractivity contribution in [2.24, 2.45) is 4.99 Å². The predicted octanol–water partition coefficient (Wildman–Crippen LogP) is 7.18. The van der Waals surface area contributed by atoms with Gasteiger partial charge in [-0.05, 0) is 70.9 Å². The lowest BCUT2D eigenvalue weighted by Crippen LogP contribution is -1.79. The van der Waals surface area contributed by atoms with Crippen molar-refractivity contribution in [3.63, 3.8) is 0 Å². The van der Waals surface area contributed by atoms with Gasteiger partial charge in [0, 0.05) is 14.5 Å². The van der Waals surface area contributed by atoms with Crippen molar-refractivity contribution in [1.82, 2.24) is 0 Å². The minimum Gasteiger partial charge on any atom is -0.455 e. The van der Waals surface area contributed by atoms with Crippen LogP contribution in [0.2, 0.25) is 5.02 Å². The molecule has 0 bridgehead atoms. The highest BCUT2D eigenvalue weighted by molar-refractivity contribution is 9.11. The van der Waals surface area contributed by atoms with Gasteiger partial charge in [0.2, 0.25) is 0 Å². The fourth-order valence-corrected chi connectivity index (χ4v) is 3.20. The van der Waals surface area contributed by atoms with Gasteiger partial charge in [-0.2, -0.15) is 0 Å². The fourth-order valence-electron chi connectivity index (χ4n) is 2.09. The van der Waals surface area contributed by atoms with E-state index in [1.807, 2.05) is 30.3 Å². The number of aryl methyl sites for hydroxylation is 1. The quantitative estimate of drug-likeness (QED) is 0.386. The number of hydrogen-bond donors (Lipinski definition) is 0. The van der Waals surface area contributed by atoms with Crippen LogP contribution in [0.25, 0.3) is 11.3 Å². The summed E-state index contributed by atoms with van der Waals surface area (Å²) in [5.41, 5.74) is 2.98. The Kier molecular flexibility index (Phi) is 5.05. The molecular formula is C18H12Br2ClNO. The molecule has 2 nitrogen and oxygen atoms in total. The van der Waals surface area contributed by atoms with Gasteiger partial charge in [0.15, 0.2) is 0 Å². The molecule has 1 heterocycles. The average molecular weight is 454 g/mol. The normalized spacial score (nSPS) is 11.3. The van der Waals surface area contributed by atoms with Gasteiger partial charge < -0.3 is 4.42 Å². The number of benzene rings is 2. The largest absolute Gasteiger partial charge is 0.455 e. The Labute approximate surface area is 156 Å². The molecule has 3 aromatic rings. The second-order valence-electron chi connectivity index (χ2n) is 5.04. The highest BCUT2D eigenvalue weighted by Gasteiger charge is 2.07. The summed E-state index contributed by atoms with van der Waals surface area (Å²) in [7, 11) is 0. The van der Waals surface area contributed by atoms with Gasteiger partial charge in [0.1, 0.15) is 11.5 Å². The molecule has 0 aliphatic rings. The molecule has 0 saturated carbocycles. The average Bonchev–Trinajstić information content (AvgIpc) is 2.97. The van der Waals surface area contributed by atoms with Crippen LogP contribution in [0, 0.1) is 6.92 Å². The smallest absolute Gasteiger partial charge is 0.145 e. The highest BCUT2D eigenvalue weighted by Crippen LogP contribution is 2.30. The number of halogens is 3. The van der Waals surface area contributed by atoms with Crippen LogP contribution in [0.4, 0.5) is 5.69 Å². The van der Waals surface area contributed by atoms with Crippen LogP contribution in [0.1, 0.15) is 11.3 Å². The van der Waals surface area contributed by atoms with E-state index in [1.54, 1.807) is 12.3 Å². The first kappa shape index (κ1) is 16.5. The van der Waals surface area contributed by atoms with Gasteiger partial charge in [-0.25, -0.2) is 0 Å². The highest BCUT2D eigenvalue weighted by atomic mass is 79.9. The third kappa shape index (κ3) is 3.94. The van der Waals surface area contributed by atoms with Crippen molar-refractivity contribution < 1.29 is 4.42 Å². The lowest BCUT2D eigenvalue weighted by atomic mass is 10.1. The van der Waals surface area contributed by atoms with Gasteiger partial charge in [-0.15, -0.1) is 0 Å². The molecule has 2 aromatic carbocycles. The van der Waals surface area contributed by atoms with Crippen molar-refractivity contribution >= 4 is 55.4 Å². The molecule has 0 aliphatic carbocycles. The molecule has 0 spiro atoms. The standard InChI is InChI=1S/C18H12Br2ClNO/c1-11-2-5-14(16(20)8-11)18-7-4-13(23-18)10-22-12-3-6-15(19)17(21)9-12/h2-10H,1H3. The summed E-state index contributed by atoms with van der Waals surface area (Å²) in [6, 6.07) is 15.5. The van der Waals surface area contributed by atoms with Crippen LogP contribution in [-0.2, 0) is 0 Å². The number of rotatable bonds is 3. The molecule has 0 fully saturated rings. The van der Waals surface area contributed by atoms with E-state index >= 15 is 0 Å². The summed E-state index contributed by atoms with van der Waals surface area (Å²) in [4.78, 5) is 4.39. The molecule has 0 aliphatic heterocycles. The van der Waals surface area contributed by atoms with E-state index in [0.717, 1.165) is 26.0 Å². The first-order valence-electron chi connectivity index (χ1n) is 6.88. The van der Waals surface area contributed by atoms with Crippen molar-refractivity contribution in [3.05, 3.63) is 73.8 Å². The topological polar surface area (TPSA) is 25.5 Å². The zero-order chi connectivity index (χ0) is 16.4. The van der Waals surface area contributed by atoms with Crippen LogP contribution in [0.5, 0.6) is 0 Å². The van der Waals surface area contributed by atoms with E-state index in [-0.39, 0.29) is 0 Å². The summed E-state index contributed by atoms with van der Waals surface area (Å²) in [6.07, 6.45) is 1.69. The minimum absolute atomic E-state index is 0.628. The zero-order valence-corrected chi connectivity index (χ0v) is 16.1. The van der Waals surface area contributed by atoms with E-state index in [4.69, 9.17) is 16.0 Å². The molecular weight excluding hydrogens is 441 g/mol. The summed E-state index contributed by atoms with van der Waals surface area (Å²) in [5, 5.41) is 0.628. The van der Waals surface area contributed by atoms with E-state index < -0.39 is 0 Å². The van der Waals surface area contributed by atoms with Crippen LogP contribution in [0.15, 0.2) is 66.9 Å². The SMILES string of the molecule is Cc1ccc(-c2ccc(C=Nc3ccc(Br)c(Cl)c3)o2)c(Br)c1. The monoisotopic (exact) mass is 451 g/mol. The number of nitrogens with zero attached hydrogens (tertiary/aromatic N) is 1. The second kappa shape index (κ2) is 7.04. The third-order valence-corrected chi connectivity index (χ3v) is 5.15. The second-order valence-corrected chi connectivity index (χ2v) is 7.16. The summed E-state index contributed by atoms with van der Waals surface area (Å²) in [5.74, 6) is 1.48. The Balaban J connectivity index is 1.84. The Morgan fingerprint density at radius 1 is 1.00 bits per heavy atom. The zero-order valence-electron chi connectivity index (χ0n) is 12.2. The molecule has 5 heteroatoms. The molecule has 0 saturated heterocycles. The van der Waals surface area contributed by atoms with Crippen LogP contribution < -0.4 is 0 Å². The maximum atomic E-state index is 6.06. The van der Waals surface area contributed by atoms with Crippen LogP contribution in [0.3, 0.4) is 0 Å². The van der Waals surface area contributed by atoms with Gasteiger partial charge in [0.25, 0.3) is 0 Å². The molecule has 0 amide bonds. The first-order chi connectivity index (χ1) is 11.0. The van der Waals surface area contributed by atoms with E-state index in [2.05, 4.69) is 55.9 Å². The van der Waals surface area contributed by atoms with E-state index in [1.165, 1.54) is 5.56 Å². The Morgan fingerprint density at radius 2 is 1.83 bits per heavy atom. The Hall–Kier alpha value is -1.36. The van der Waals surface area contributed by atoms with Crippen LogP contribution in [-0.4, -0.2) is 6.21 Å². The van der Waals surface area contributed by atoms with E-state index in [0.29, 0.717) is 10.8 Å². The van der Waals surface area contributed by atoms with Gasteiger partial charge in [0.05, 0.1) is 16.9 Å². The van der Waals surface area contributed by atoms with Crippen molar-refractivity contribution in [2.75, 3.05) is 0 Å². The summed E-state index contributed by atoms with van der Waals surface area (Å²) in [6.45, 7) is 2.05. The van der Waals surface area contributed by atoms with Crippen molar-refractivity contribution in [1.29, 1.82) is 0 Å². The molecule has 0 N–H and O–H groups in total. The molecule has 0 unspecified atom stereocenters. The predicted molar refractivity (Wildman–Crippen MR) is 103 cm³/mol. The van der Waals surface area contributed by atoms with Gasteiger partial charge in [-0.1, -0.05) is 33.6 Å². The summed E-state index contributed by atoms with van der Waals surface area (Å²) >= 11 is 13.0. The lowest BCUT2D eigenvalue weighted by Gasteiger charge is -2.02. The Bertz CT molecular complexity index is 886. The van der Waals surface area contributed by atoms with Crippen LogP contribution >= 0.6 is 43.5 Å². The van der Waals surface area contributed by atoms with E-state index in [9.17, 15) is 0 Å². The molecule has 3 rings (SSSR count).